The number of benzene rings is 1. The van der Waals surface area contributed by atoms with Gasteiger partial charge in [0, 0.05) is 22.4 Å². The zero-order valence-corrected chi connectivity index (χ0v) is 11.0. The lowest BCUT2D eigenvalue weighted by molar-refractivity contribution is 0.0955. The number of carbonyl (C=O) groups is 1. The third kappa shape index (κ3) is 3.24. The first-order valence-electron chi connectivity index (χ1n) is 5.25. The lowest BCUT2D eigenvalue weighted by atomic mass is 10.2. The molecular formula is C13H10BrN3O. The Labute approximate surface area is 113 Å². The minimum absolute atomic E-state index is 0.286. The van der Waals surface area contributed by atoms with Gasteiger partial charge in [-0.15, -0.1) is 0 Å². The smallest absolute Gasteiger partial charge is 0.267 e. The second-order valence-corrected chi connectivity index (χ2v) is 4.32. The summed E-state index contributed by atoms with van der Waals surface area (Å²) in [5.41, 5.74) is 3.81. The average molecular weight is 304 g/mol. The largest absolute Gasteiger partial charge is 0.272 e. The van der Waals surface area contributed by atoms with Crippen LogP contribution in [0, 0.1) is 0 Å². The van der Waals surface area contributed by atoms with Crippen LogP contribution in [0.3, 0.4) is 0 Å². The number of amides is 1. The van der Waals surface area contributed by atoms with Crippen molar-refractivity contribution in [2.75, 3.05) is 0 Å². The Morgan fingerprint density at radius 1 is 1.28 bits per heavy atom. The Morgan fingerprint density at radius 3 is 2.83 bits per heavy atom. The number of hydrogen-bond donors (Lipinski definition) is 1. The molecule has 0 unspecified atom stereocenters. The summed E-state index contributed by atoms with van der Waals surface area (Å²) < 4.78 is 0.921. The van der Waals surface area contributed by atoms with Crippen LogP contribution in [0.4, 0.5) is 0 Å². The molecule has 0 atom stereocenters. The van der Waals surface area contributed by atoms with Gasteiger partial charge in [-0.3, -0.25) is 9.78 Å². The summed E-state index contributed by atoms with van der Waals surface area (Å²) >= 11 is 3.39. The van der Waals surface area contributed by atoms with Crippen LogP contribution in [0.25, 0.3) is 0 Å². The van der Waals surface area contributed by atoms with Crippen molar-refractivity contribution in [3.05, 3.63) is 64.4 Å². The van der Waals surface area contributed by atoms with Crippen molar-refractivity contribution in [2.45, 2.75) is 0 Å². The molecule has 0 aliphatic heterocycles. The summed E-state index contributed by atoms with van der Waals surface area (Å²) in [6.07, 6.45) is 4.68. The van der Waals surface area contributed by atoms with Gasteiger partial charge in [-0.25, -0.2) is 5.43 Å². The van der Waals surface area contributed by atoms with Crippen LogP contribution < -0.4 is 5.43 Å². The van der Waals surface area contributed by atoms with Crippen LogP contribution in [0.2, 0.25) is 0 Å². The number of halogens is 1. The van der Waals surface area contributed by atoms with E-state index in [2.05, 4.69) is 31.4 Å². The summed E-state index contributed by atoms with van der Waals surface area (Å²) in [6.45, 7) is 0. The predicted octanol–water partition coefficient (Wildman–Crippen LogP) is 2.61. The summed E-state index contributed by atoms with van der Waals surface area (Å²) in [6, 6.07) is 11.0. The highest BCUT2D eigenvalue weighted by Crippen LogP contribution is 2.13. The van der Waals surface area contributed by atoms with E-state index in [1.807, 2.05) is 24.3 Å². The molecule has 1 aromatic carbocycles. The minimum Gasteiger partial charge on any atom is -0.267 e. The molecule has 18 heavy (non-hydrogen) atoms. The standard InChI is InChI=1S/C13H10BrN3O/c14-12-6-2-1-4-10(12)9-16-17-13(18)11-5-3-7-15-8-11/h1-9H,(H,17,18). The highest BCUT2D eigenvalue weighted by atomic mass is 79.9. The third-order valence-corrected chi connectivity index (χ3v) is 2.92. The van der Waals surface area contributed by atoms with Gasteiger partial charge in [0.1, 0.15) is 0 Å². The molecule has 0 bridgehead atoms. The van der Waals surface area contributed by atoms with Gasteiger partial charge in [0.15, 0.2) is 0 Å². The van der Waals surface area contributed by atoms with Gasteiger partial charge in [-0.05, 0) is 18.2 Å². The van der Waals surface area contributed by atoms with Crippen LogP contribution in [-0.4, -0.2) is 17.1 Å². The minimum atomic E-state index is -0.286. The number of nitrogens with zero attached hydrogens (tertiary/aromatic N) is 2. The summed E-state index contributed by atoms with van der Waals surface area (Å²) in [4.78, 5) is 15.5. The van der Waals surface area contributed by atoms with Gasteiger partial charge in [-0.2, -0.15) is 5.10 Å². The number of pyridine rings is 1. The lowest BCUT2D eigenvalue weighted by Gasteiger charge is -1.99. The third-order valence-electron chi connectivity index (χ3n) is 2.20. The van der Waals surface area contributed by atoms with Gasteiger partial charge in [0.05, 0.1) is 11.8 Å². The molecule has 4 nitrogen and oxygen atoms in total. The van der Waals surface area contributed by atoms with E-state index >= 15 is 0 Å². The monoisotopic (exact) mass is 303 g/mol. The molecule has 1 heterocycles. The SMILES string of the molecule is O=C(NN=Cc1ccccc1Br)c1cccnc1. The number of rotatable bonds is 3. The van der Waals surface area contributed by atoms with Crippen LogP contribution >= 0.6 is 15.9 Å². The van der Waals surface area contributed by atoms with Crippen LogP contribution in [0.15, 0.2) is 58.4 Å². The molecule has 0 saturated heterocycles. The zero-order chi connectivity index (χ0) is 12.8. The molecule has 0 saturated carbocycles. The number of hydrazone groups is 1. The van der Waals surface area contributed by atoms with Crippen LogP contribution in [0.5, 0.6) is 0 Å². The fourth-order valence-electron chi connectivity index (χ4n) is 1.30. The molecule has 1 amide bonds. The van der Waals surface area contributed by atoms with E-state index in [9.17, 15) is 4.79 Å². The quantitative estimate of drug-likeness (QED) is 0.700. The fourth-order valence-corrected chi connectivity index (χ4v) is 1.69. The Morgan fingerprint density at radius 2 is 2.11 bits per heavy atom. The maximum atomic E-state index is 11.6. The number of carbonyl (C=O) groups excluding carboxylic acids is 1. The van der Waals surface area contributed by atoms with E-state index in [-0.39, 0.29) is 5.91 Å². The maximum Gasteiger partial charge on any atom is 0.272 e. The molecule has 0 radical (unpaired) electrons. The summed E-state index contributed by atoms with van der Waals surface area (Å²) in [5, 5.41) is 3.90. The van der Waals surface area contributed by atoms with Crippen LogP contribution in [-0.2, 0) is 0 Å². The summed E-state index contributed by atoms with van der Waals surface area (Å²) in [7, 11) is 0. The van der Waals surface area contributed by atoms with Crippen molar-refractivity contribution in [2.24, 2.45) is 5.10 Å². The predicted molar refractivity (Wildman–Crippen MR) is 73.4 cm³/mol. The first-order valence-corrected chi connectivity index (χ1v) is 6.04. The van der Waals surface area contributed by atoms with Gasteiger partial charge in [-0.1, -0.05) is 34.1 Å². The highest BCUT2D eigenvalue weighted by Gasteiger charge is 2.02. The average Bonchev–Trinajstić information content (AvgIpc) is 2.42. The normalized spacial score (nSPS) is 10.5. The first-order chi connectivity index (χ1) is 8.77. The number of hydrogen-bond acceptors (Lipinski definition) is 3. The van der Waals surface area contributed by atoms with Crippen molar-refractivity contribution in [3.8, 4) is 0 Å². The van der Waals surface area contributed by atoms with E-state index in [4.69, 9.17) is 0 Å². The molecule has 1 aromatic heterocycles. The molecular weight excluding hydrogens is 294 g/mol. The topological polar surface area (TPSA) is 54.4 Å². The molecule has 90 valence electrons. The summed E-state index contributed by atoms with van der Waals surface area (Å²) in [5.74, 6) is -0.286. The van der Waals surface area contributed by atoms with E-state index in [0.717, 1.165) is 10.0 Å². The second kappa shape index (κ2) is 6.07. The van der Waals surface area contributed by atoms with Crippen molar-refractivity contribution in [3.63, 3.8) is 0 Å². The number of nitrogens with one attached hydrogen (secondary N) is 1. The van der Waals surface area contributed by atoms with E-state index < -0.39 is 0 Å². The molecule has 0 fully saturated rings. The molecule has 2 rings (SSSR count). The Balaban J connectivity index is 2.00. The van der Waals surface area contributed by atoms with Crippen molar-refractivity contribution >= 4 is 28.1 Å². The van der Waals surface area contributed by atoms with Crippen molar-refractivity contribution in [1.82, 2.24) is 10.4 Å². The van der Waals surface area contributed by atoms with Gasteiger partial charge >= 0.3 is 0 Å². The van der Waals surface area contributed by atoms with Gasteiger partial charge in [0.2, 0.25) is 0 Å². The molecule has 5 heteroatoms. The second-order valence-electron chi connectivity index (χ2n) is 3.46. The van der Waals surface area contributed by atoms with E-state index in [1.165, 1.54) is 6.20 Å². The lowest BCUT2D eigenvalue weighted by Crippen LogP contribution is -2.17. The highest BCUT2D eigenvalue weighted by molar-refractivity contribution is 9.10. The zero-order valence-electron chi connectivity index (χ0n) is 9.38. The molecule has 0 aliphatic carbocycles. The number of aromatic nitrogens is 1. The van der Waals surface area contributed by atoms with Crippen LogP contribution in [0.1, 0.15) is 15.9 Å². The maximum absolute atomic E-state index is 11.6. The molecule has 2 aromatic rings. The molecule has 1 N–H and O–H groups in total. The van der Waals surface area contributed by atoms with Crippen molar-refractivity contribution < 1.29 is 4.79 Å². The fraction of sp³-hybridized carbons (Fsp3) is 0. The first kappa shape index (κ1) is 12.4. The molecule has 0 spiro atoms. The molecule has 0 aliphatic rings. The Bertz CT molecular complexity index is 569. The van der Waals surface area contributed by atoms with Crippen molar-refractivity contribution in [1.29, 1.82) is 0 Å². The Hall–Kier alpha value is -2.01. The van der Waals surface area contributed by atoms with Gasteiger partial charge in [0.25, 0.3) is 5.91 Å². The Kier molecular flexibility index (Phi) is 4.20. The van der Waals surface area contributed by atoms with Gasteiger partial charge < -0.3 is 0 Å². The van der Waals surface area contributed by atoms with E-state index in [1.54, 1.807) is 24.5 Å². The van der Waals surface area contributed by atoms with E-state index in [0.29, 0.717) is 5.56 Å².